The highest BCUT2D eigenvalue weighted by Gasteiger charge is 2.03. The van der Waals surface area contributed by atoms with Gasteiger partial charge in [0.1, 0.15) is 5.82 Å². The first-order valence-electron chi connectivity index (χ1n) is 4.81. The maximum absolute atomic E-state index is 11.8. The molecule has 0 radical (unpaired) electrons. The molecule has 1 aromatic carbocycles. The Kier molecular flexibility index (Phi) is 2.37. The van der Waals surface area contributed by atoms with Crippen molar-refractivity contribution in [2.45, 2.75) is 13.8 Å². The highest BCUT2D eigenvalue weighted by Crippen LogP contribution is 2.06. The summed E-state index contributed by atoms with van der Waals surface area (Å²) in [6.07, 6.45) is 0. The molecule has 0 aliphatic carbocycles. The summed E-state index contributed by atoms with van der Waals surface area (Å²) >= 11 is 0. The number of nitrogens with zero attached hydrogens (tertiary/aromatic N) is 2. The molecular weight excluding hydrogens is 188 g/mol. The summed E-state index contributed by atoms with van der Waals surface area (Å²) in [6, 6.07) is 11.1. The van der Waals surface area contributed by atoms with Crippen LogP contribution < -0.4 is 5.56 Å². The Morgan fingerprint density at radius 3 is 2.40 bits per heavy atom. The van der Waals surface area contributed by atoms with Crippen molar-refractivity contribution in [1.29, 1.82) is 0 Å². The van der Waals surface area contributed by atoms with Crippen molar-refractivity contribution < 1.29 is 0 Å². The molecule has 76 valence electrons. The van der Waals surface area contributed by atoms with Gasteiger partial charge in [0.05, 0.1) is 5.69 Å². The van der Waals surface area contributed by atoms with Crippen LogP contribution in [0.25, 0.3) is 5.69 Å². The minimum atomic E-state index is -0.0359. The van der Waals surface area contributed by atoms with Gasteiger partial charge in [-0.3, -0.25) is 9.36 Å². The third-order valence-corrected chi connectivity index (χ3v) is 2.23. The lowest BCUT2D eigenvalue weighted by atomic mass is 10.3. The van der Waals surface area contributed by atoms with Crippen molar-refractivity contribution in [2.75, 3.05) is 0 Å². The Morgan fingerprint density at radius 2 is 1.80 bits per heavy atom. The van der Waals surface area contributed by atoms with E-state index in [-0.39, 0.29) is 5.56 Å². The van der Waals surface area contributed by atoms with Gasteiger partial charge in [-0.15, -0.1) is 0 Å². The van der Waals surface area contributed by atoms with Crippen LogP contribution in [0, 0.1) is 13.8 Å². The number of benzene rings is 1. The van der Waals surface area contributed by atoms with E-state index in [9.17, 15) is 4.79 Å². The zero-order chi connectivity index (χ0) is 10.8. The predicted octanol–water partition coefficient (Wildman–Crippen LogP) is 1.85. The first-order chi connectivity index (χ1) is 7.18. The van der Waals surface area contributed by atoms with E-state index >= 15 is 0 Å². The number of aromatic nitrogens is 2. The van der Waals surface area contributed by atoms with Crippen LogP contribution in [0.5, 0.6) is 0 Å². The molecule has 0 saturated heterocycles. The molecule has 1 heterocycles. The molecule has 0 aliphatic rings. The van der Waals surface area contributed by atoms with Gasteiger partial charge in [-0.05, 0) is 26.0 Å². The van der Waals surface area contributed by atoms with E-state index in [0.29, 0.717) is 5.82 Å². The zero-order valence-corrected chi connectivity index (χ0v) is 8.77. The number of hydrogen-bond donors (Lipinski definition) is 0. The molecule has 0 N–H and O–H groups in total. The second-order valence-electron chi connectivity index (χ2n) is 3.45. The third kappa shape index (κ3) is 1.81. The van der Waals surface area contributed by atoms with Crippen LogP contribution in [-0.2, 0) is 0 Å². The maximum atomic E-state index is 11.8. The molecule has 0 atom stereocenters. The van der Waals surface area contributed by atoms with Gasteiger partial charge in [-0.1, -0.05) is 18.2 Å². The maximum Gasteiger partial charge on any atom is 0.258 e. The minimum Gasteiger partial charge on any atom is -0.269 e. The molecule has 1 aromatic heterocycles. The summed E-state index contributed by atoms with van der Waals surface area (Å²) in [4.78, 5) is 16.1. The van der Waals surface area contributed by atoms with Crippen molar-refractivity contribution in [1.82, 2.24) is 9.55 Å². The zero-order valence-electron chi connectivity index (χ0n) is 8.77. The van der Waals surface area contributed by atoms with Crippen LogP contribution in [-0.4, -0.2) is 9.55 Å². The quantitative estimate of drug-likeness (QED) is 0.704. The van der Waals surface area contributed by atoms with Crippen molar-refractivity contribution >= 4 is 0 Å². The van der Waals surface area contributed by atoms with Crippen LogP contribution in [0.3, 0.4) is 0 Å². The third-order valence-electron chi connectivity index (χ3n) is 2.23. The molecule has 0 fully saturated rings. The summed E-state index contributed by atoms with van der Waals surface area (Å²) < 4.78 is 1.60. The van der Waals surface area contributed by atoms with E-state index in [4.69, 9.17) is 0 Å². The summed E-state index contributed by atoms with van der Waals surface area (Å²) in [5, 5.41) is 0. The second kappa shape index (κ2) is 3.69. The molecule has 2 rings (SSSR count). The minimum absolute atomic E-state index is 0.0359. The van der Waals surface area contributed by atoms with Crippen molar-refractivity contribution in [3.8, 4) is 5.69 Å². The molecule has 15 heavy (non-hydrogen) atoms. The van der Waals surface area contributed by atoms with Gasteiger partial charge in [0.15, 0.2) is 0 Å². The van der Waals surface area contributed by atoms with Crippen molar-refractivity contribution in [2.24, 2.45) is 0 Å². The van der Waals surface area contributed by atoms with Gasteiger partial charge in [-0.2, -0.15) is 0 Å². The lowest BCUT2D eigenvalue weighted by molar-refractivity contribution is 0.854. The molecule has 0 saturated carbocycles. The first-order valence-corrected chi connectivity index (χ1v) is 4.81. The number of hydrogen-bond acceptors (Lipinski definition) is 2. The van der Waals surface area contributed by atoms with Crippen LogP contribution in [0.2, 0.25) is 0 Å². The van der Waals surface area contributed by atoms with E-state index in [1.165, 1.54) is 0 Å². The average molecular weight is 200 g/mol. The molecule has 0 spiro atoms. The Morgan fingerprint density at radius 1 is 1.13 bits per heavy atom. The average Bonchev–Trinajstić information content (AvgIpc) is 2.17. The standard InChI is InChI=1S/C12H12N2O/c1-9-8-12(15)14(10(2)13-9)11-6-4-3-5-7-11/h3-8H,1-2H3. The van der Waals surface area contributed by atoms with Crippen LogP contribution in [0.15, 0.2) is 41.2 Å². The molecule has 2 aromatic rings. The molecule has 3 nitrogen and oxygen atoms in total. The van der Waals surface area contributed by atoms with Gasteiger partial charge in [0, 0.05) is 11.8 Å². The Balaban J connectivity index is 2.69. The van der Waals surface area contributed by atoms with Crippen LogP contribution in [0.1, 0.15) is 11.5 Å². The van der Waals surface area contributed by atoms with Gasteiger partial charge in [0.25, 0.3) is 5.56 Å². The largest absolute Gasteiger partial charge is 0.269 e. The molecule has 0 amide bonds. The monoisotopic (exact) mass is 200 g/mol. The normalized spacial score (nSPS) is 10.3. The topological polar surface area (TPSA) is 34.9 Å². The molecule has 0 unspecified atom stereocenters. The van der Waals surface area contributed by atoms with Gasteiger partial charge in [-0.25, -0.2) is 4.98 Å². The molecule has 3 heteroatoms. The molecule has 0 aliphatic heterocycles. The van der Waals surface area contributed by atoms with E-state index in [0.717, 1.165) is 11.4 Å². The van der Waals surface area contributed by atoms with Gasteiger partial charge < -0.3 is 0 Å². The number of para-hydroxylation sites is 1. The fourth-order valence-electron chi connectivity index (χ4n) is 1.63. The van der Waals surface area contributed by atoms with E-state index in [1.54, 1.807) is 10.6 Å². The van der Waals surface area contributed by atoms with Crippen LogP contribution >= 0.6 is 0 Å². The predicted molar refractivity (Wildman–Crippen MR) is 59.3 cm³/mol. The Labute approximate surface area is 88.0 Å². The summed E-state index contributed by atoms with van der Waals surface area (Å²) in [6.45, 7) is 3.66. The molecule has 0 bridgehead atoms. The van der Waals surface area contributed by atoms with Gasteiger partial charge in [0.2, 0.25) is 0 Å². The van der Waals surface area contributed by atoms with Crippen LogP contribution in [0.4, 0.5) is 0 Å². The van der Waals surface area contributed by atoms with Gasteiger partial charge >= 0.3 is 0 Å². The highest BCUT2D eigenvalue weighted by molar-refractivity contribution is 5.32. The summed E-state index contributed by atoms with van der Waals surface area (Å²) in [5.74, 6) is 0.714. The fourth-order valence-corrected chi connectivity index (χ4v) is 1.63. The number of aryl methyl sites for hydroxylation is 2. The Hall–Kier alpha value is -1.90. The summed E-state index contributed by atoms with van der Waals surface area (Å²) in [5.41, 5.74) is 1.57. The van der Waals surface area contributed by atoms with E-state index in [2.05, 4.69) is 4.98 Å². The Bertz CT molecular complexity index is 529. The SMILES string of the molecule is Cc1cc(=O)n(-c2ccccc2)c(C)n1. The number of rotatable bonds is 1. The first kappa shape index (κ1) is 9.65. The lowest BCUT2D eigenvalue weighted by Crippen LogP contribution is -2.21. The molecular formula is C12H12N2O. The summed E-state index contributed by atoms with van der Waals surface area (Å²) in [7, 11) is 0. The second-order valence-corrected chi connectivity index (χ2v) is 3.45. The lowest BCUT2D eigenvalue weighted by Gasteiger charge is -2.08. The van der Waals surface area contributed by atoms with E-state index < -0.39 is 0 Å². The highest BCUT2D eigenvalue weighted by atomic mass is 16.1. The van der Waals surface area contributed by atoms with Crippen molar-refractivity contribution in [3.05, 3.63) is 58.3 Å². The fraction of sp³-hybridized carbons (Fsp3) is 0.167. The van der Waals surface area contributed by atoms with E-state index in [1.807, 2.05) is 44.2 Å². The van der Waals surface area contributed by atoms with Crippen molar-refractivity contribution in [3.63, 3.8) is 0 Å². The smallest absolute Gasteiger partial charge is 0.258 e.